The molecule has 3 rings (SSSR count). The molecule has 0 atom stereocenters. The van der Waals surface area contributed by atoms with E-state index in [0.29, 0.717) is 11.3 Å². The summed E-state index contributed by atoms with van der Waals surface area (Å²) in [5, 5.41) is 14.2. The first-order valence-electron chi connectivity index (χ1n) is 9.60. The van der Waals surface area contributed by atoms with Gasteiger partial charge in [0.15, 0.2) is 5.69 Å². The Balaban J connectivity index is 1.69. The minimum Gasteiger partial charge on any atom is -0.353 e. The molecule has 33 heavy (non-hydrogen) atoms. The number of anilines is 3. The molecular formula is C21H19F3N6O2S. The number of aromatic nitrogens is 2. The second-order valence-electron chi connectivity index (χ2n) is 6.91. The highest BCUT2D eigenvalue weighted by Gasteiger charge is 2.33. The predicted octanol–water partition coefficient (Wildman–Crippen LogP) is 3.81. The molecule has 8 nitrogen and oxygen atoms in total. The number of hydrogen-bond donors (Lipinski definition) is 3. The average molecular weight is 476 g/mol. The summed E-state index contributed by atoms with van der Waals surface area (Å²) in [6.45, 7) is 1.67. The number of nitrogens with zero attached hydrogens (tertiary/aromatic N) is 3. The minimum atomic E-state index is -4.71. The second-order valence-corrected chi connectivity index (χ2v) is 8.68. The number of halogens is 3. The van der Waals surface area contributed by atoms with Gasteiger partial charge >= 0.3 is 6.18 Å². The maximum atomic E-state index is 13.3. The first kappa shape index (κ1) is 24.0. The average Bonchev–Trinajstić information content (AvgIpc) is 2.77. The third-order valence-electron chi connectivity index (χ3n) is 4.33. The zero-order chi connectivity index (χ0) is 24.1. The fourth-order valence-corrected chi connectivity index (χ4v) is 3.70. The topological polar surface area (TPSA) is 120 Å². The van der Waals surface area contributed by atoms with Crippen molar-refractivity contribution in [2.45, 2.75) is 18.0 Å². The van der Waals surface area contributed by atoms with E-state index in [0.717, 1.165) is 11.6 Å². The summed E-state index contributed by atoms with van der Waals surface area (Å²) in [7, 11) is -3.76. The molecule has 0 saturated heterocycles. The minimum absolute atomic E-state index is 0.0529. The van der Waals surface area contributed by atoms with Gasteiger partial charge in [0.25, 0.3) is 0 Å². The SMILES string of the molecule is Cc1ccc(S(=O)(=O)NCCNc2nc(Nc3ccc(C#N)cc3)cc(C(F)(F)F)n2)cc1. The van der Waals surface area contributed by atoms with Crippen molar-refractivity contribution in [3.63, 3.8) is 0 Å². The van der Waals surface area contributed by atoms with Gasteiger partial charge < -0.3 is 10.6 Å². The fourth-order valence-electron chi connectivity index (χ4n) is 2.67. The normalized spacial score (nSPS) is 11.6. The van der Waals surface area contributed by atoms with Crippen molar-refractivity contribution in [1.29, 1.82) is 5.26 Å². The van der Waals surface area contributed by atoms with Crippen LogP contribution in [-0.2, 0) is 16.2 Å². The molecule has 12 heteroatoms. The van der Waals surface area contributed by atoms with Gasteiger partial charge in [0, 0.05) is 24.8 Å². The first-order chi connectivity index (χ1) is 15.6. The van der Waals surface area contributed by atoms with Crippen LogP contribution >= 0.6 is 0 Å². The number of aryl methyl sites for hydroxylation is 1. The molecule has 2 aromatic carbocycles. The Kier molecular flexibility index (Phi) is 7.15. The summed E-state index contributed by atoms with van der Waals surface area (Å²) in [6.07, 6.45) is -4.71. The van der Waals surface area contributed by atoms with Gasteiger partial charge in [-0.3, -0.25) is 0 Å². The highest BCUT2D eigenvalue weighted by atomic mass is 32.2. The lowest BCUT2D eigenvalue weighted by Crippen LogP contribution is -2.29. The lowest BCUT2D eigenvalue weighted by molar-refractivity contribution is -0.141. The number of nitrogens with one attached hydrogen (secondary N) is 3. The van der Waals surface area contributed by atoms with Crippen LogP contribution in [0.3, 0.4) is 0 Å². The molecule has 0 amide bonds. The van der Waals surface area contributed by atoms with Gasteiger partial charge in [0.05, 0.1) is 16.5 Å². The van der Waals surface area contributed by atoms with Gasteiger partial charge in [-0.15, -0.1) is 0 Å². The zero-order valence-electron chi connectivity index (χ0n) is 17.3. The van der Waals surface area contributed by atoms with E-state index >= 15 is 0 Å². The summed E-state index contributed by atoms with van der Waals surface area (Å²) < 4.78 is 66.8. The number of hydrogen-bond acceptors (Lipinski definition) is 7. The van der Waals surface area contributed by atoms with Crippen LogP contribution in [0, 0.1) is 18.3 Å². The Labute approximate surface area is 188 Å². The van der Waals surface area contributed by atoms with Crippen molar-refractivity contribution in [3.8, 4) is 6.07 Å². The lowest BCUT2D eigenvalue weighted by atomic mass is 10.2. The Bertz CT molecular complexity index is 1260. The fraction of sp³-hybridized carbons (Fsp3) is 0.190. The molecule has 1 heterocycles. The van der Waals surface area contributed by atoms with E-state index in [1.54, 1.807) is 12.1 Å². The summed E-state index contributed by atoms with van der Waals surface area (Å²) in [4.78, 5) is 7.56. The van der Waals surface area contributed by atoms with Crippen molar-refractivity contribution in [1.82, 2.24) is 14.7 Å². The molecule has 0 saturated carbocycles. The molecule has 0 aliphatic heterocycles. The van der Waals surface area contributed by atoms with Gasteiger partial charge in [0.2, 0.25) is 16.0 Å². The molecule has 0 unspecified atom stereocenters. The zero-order valence-corrected chi connectivity index (χ0v) is 18.1. The Hall–Kier alpha value is -3.69. The number of nitriles is 1. The summed E-state index contributed by atoms with van der Waals surface area (Å²) in [5.74, 6) is -0.444. The monoisotopic (exact) mass is 476 g/mol. The van der Waals surface area contributed by atoms with E-state index in [2.05, 4.69) is 25.3 Å². The van der Waals surface area contributed by atoms with E-state index in [9.17, 15) is 21.6 Å². The maximum absolute atomic E-state index is 13.3. The summed E-state index contributed by atoms with van der Waals surface area (Å²) in [5.41, 5.74) is 0.561. The van der Waals surface area contributed by atoms with Gasteiger partial charge in [0.1, 0.15) is 5.82 Å². The van der Waals surface area contributed by atoms with Crippen LogP contribution in [0.4, 0.5) is 30.6 Å². The van der Waals surface area contributed by atoms with E-state index < -0.39 is 21.9 Å². The molecule has 0 fully saturated rings. The number of rotatable bonds is 8. The highest BCUT2D eigenvalue weighted by molar-refractivity contribution is 7.89. The molecule has 3 aromatic rings. The van der Waals surface area contributed by atoms with Crippen molar-refractivity contribution >= 4 is 27.5 Å². The Morgan fingerprint density at radius 3 is 2.27 bits per heavy atom. The number of benzene rings is 2. The molecule has 172 valence electrons. The third-order valence-corrected chi connectivity index (χ3v) is 5.81. The molecule has 0 aliphatic carbocycles. The first-order valence-corrected chi connectivity index (χ1v) is 11.1. The van der Waals surface area contributed by atoms with Gasteiger partial charge in [-0.05, 0) is 43.3 Å². The number of sulfonamides is 1. The smallest absolute Gasteiger partial charge is 0.353 e. The van der Waals surface area contributed by atoms with E-state index in [4.69, 9.17) is 5.26 Å². The van der Waals surface area contributed by atoms with Crippen molar-refractivity contribution in [2.75, 3.05) is 23.7 Å². The van der Waals surface area contributed by atoms with Crippen LogP contribution in [0.15, 0.2) is 59.5 Å². The Morgan fingerprint density at radius 1 is 1.00 bits per heavy atom. The Morgan fingerprint density at radius 2 is 1.67 bits per heavy atom. The van der Waals surface area contributed by atoms with E-state index in [-0.39, 0.29) is 29.8 Å². The van der Waals surface area contributed by atoms with E-state index in [1.165, 1.54) is 36.4 Å². The van der Waals surface area contributed by atoms with Crippen molar-refractivity contribution < 1.29 is 21.6 Å². The van der Waals surface area contributed by atoms with E-state index in [1.807, 2.05) is 13.0 Å². The van der Waals surface area contributed by atoms with Crippen LogP contribution in [0.5, 0.6) is 0 Å². The van der Waals surface area contributed by atoms with Crippen molar-refractivity contribution in [2.24, 2.45) is 0 Å². The quantitative estimate of drug-likeness (QED) is 0.423. The summed E-state index contributed by atoms with van der Waals surface area (Å²) in [6, 6.07) is 15.0. The third kappa shape index (κ3) is 6.64. The largest absolute Gasteiger partial charge is 0.433 e. The molecule has 0 aliphatic rings. The predicted molar refractivity (Wildman–Crippen MR) is 116 cm³/mol. The van der Waals surface area contributed by atoms with Crippen LogP contribution in [-0.4, -0.2) is 31.5 Å². The van der Waals surface area contributed by atoms with Crippen molar-refractivity contribution in [3.05, 3.63) is 71.4 Å². The number of alkyl halides is 3. The van der Waals surface area contributed by atoms with Crippen LogP contribution in [0.1, 0.15) is 16.8 Å². The maximum Gasteiger partial charge on any atom is 0.433 e. The van der Waals surface area contributed by atoms with Gasteiger partial charge in [-0.1, -0.05) is 17.7 Å². The highest BCUT2D eigenvalue weighted by Crippen LogP contribution is 2.30. The lowest BCUT2D eigenvalue weighted by Gasteiger charge is -2.13. The van der Waals surface area contributed by atoms with Gasteiger partial charge in [-0.2, -0.15) is 23.4 Å². The van der Waals surface area contributed by atoms with Gasteiger partial charge in [-0.25, -0.2) is 18.1 Å². The molecule has 3 N–H and O–H groups in total. The molecule has 0 bridgehead atoms. The van der Waals surface area contributed by atoms with Crippen LogP contribution in [0.25, 0.3) is 0 Å². The standard InChI is InChI=1S/C21H19F3N6O2S/c1-14-2-8-17(9-3-14)33(31,32)27-11-10-26-20-29-18(21(22,23)24)12-19(30-20)28-16-6-4-15(13-25)5-7-16/h2-9,12,27H,10-11H2,1H3,(H2,26,28,29,30). The van der Waals surface area contributed by atoms with Crippen LogP contribution in [0.2, 0.25) is 0 Å². The molecule has 0 radical (unpaired) electrons. The molecule has 1 aromatic heterocycles. The molecule has 0 spiro atoms. The summed E-state index contributed by atoms with van der Waals surface area (Å²) >= 11 is 0. The van der Waals surface area contributed by atoms with Crippen LogP contribution < -0.4 is 15.4 Å². The molecular weight excluding hydrogens is 457 g/mol. The second kappa shape index (κ2) is 9.85.